The monoisotopic (exact) mass is 225 g/mol. The first-order chi connectivity index (χ1) is 7.59. The van der Waals surface area contributed by atoms with Crippen LogP contribution in [0.4, 0.5) is 0 Å². The predicted molar refractivity (Wildman–Crippen MR) is 60.8 cm³/mol. The van der Waals surface area contributed by atoms with Crippen LogP contribution >= 0.6 is 0 Å². The highest BCUT2D eigenvalue weighted by Crippen LogP contribution is 2.18. The Balaban J connectivity index is 2.15. The quantitative estimate of drug-likeness (QED) is 0.722. The third-order valence-electron chi connectivity index (χ3n) is 2.32. The summed E-state index contributed by atoms with van der Waals surface area (Å²) in [6, 6.07) is 0.126. The van der Waals surface area contributed by atoms with Crippen LogP contribution in [-0.4, -0.2) is 24.5 Å². The van der Waals surface area contributed by atoms with Gasteiger partial charge in [-0.2, -0.15) is 0 Å². The highest BCUT2D eigenvalue weighted by molar-refractivity contribution is 5.89. The van der Waals surface area contributed by atoms with E-state index in [0.717, 1.165) is 24.8 Å². The fraction of sp³-hybridized carbons (Fsp3) is 0.667. The summed E-state index contributed by atoms with van der Waals surface area (Å²) in [5, 5.41) is 2.74. The molecule has 0 radical (unpaired) electrons. The van der Waals surface area contributed by atoms with Crippen LogP contribution < -0.4 is 5.32 Å². The molecule has 1 aliphatic rings. The molecule has 1 N–H and O–H groups in total. The van der Waals surface area contributed by atoms with E-state index < -0.39 is 0 Å². The average molecular weight is 225 g/mol. The van der Waals surface area contributed by atoms with Crippen molar-refractivity contribution in [2.75, 3.05) is 6.61 Å². The highest BCUT2D eigenvalue weighted by Gasteiger charge is 2.14. The Morgan fingerprint density at radius 2 is 2.25 bits per heavy atom. The molecule has 0 saturated carbocycles. The van der Waals surface area contributed by atoms with Crippen molar-refractivity contribution >= 4 is 11.9 Å². The van der Waals surface area contributed by atoms with E-state index in [1.54, 1.807) is 0 Å². The summed E-state index contributed by atoms with van der Waals surface area (Å²) < 4.78 is 5.01. The topological polar surface area (TPSA) is 55.4 Å². The highest BCUT2D eigenvalue weighted by atomic mass is 16.5. The van der Waals surface area contributed by atoms with Crippen molar-refractivity contribution in [2.24, 2.45) is 0 Å². The van der Waals surface area contributed by atoms with Crippen LogP contribution in [0.5, 0.6) is 0 Å². The lowest BCUT2D eigenvalue weighted by atomic mass is 10.2. The summed E-state index contributed by atoms with van der Waals surface area (Å²) in [7, 11) is 0. The zero-order valence-corrected chi connectivity index (χ0v) is 9.91. The average Bonchev–Trinajstić information content (AvgIpc) is 2.68. The SMILES string of the molecule is CC(C)NC(=O)CCOC(=O)C1=CCCC1. The zero-order chi connectivity index (χ0) is 12.0. The number of amides is 1. The Morgan fingerprint density at radius 1 is 1.50 bits per heavy atom. The number of rotatable bonds is 5. The first-order valence-electron chi connectivity index (χ1n) is 5.75. The summed E-state index contributed by atoms with van der Waals surface area (Å²) >= 11 is 0. The Bertz CT molecular complexity index is 295. The van der Waals surface area contributed by atoms with Crippen LogP contribution in [0.3, 0.4) is 0 Å². The number of carbonyl (C=O) groups is 2. The van der Waals surface area contributed by atoms with Gasteiger partial charge in [-0.15, -0.1) is 0 Å². The third kappa shape index (κ3) is 4.47. The minimum atomic E-state index is -0.269. The Morgan fingerprint density at radius 3 is 2.81 bits per heavy atom. The van der Waals surface area contributed by atoms with Crippen LogP contribution in [-0.2, 0) is 14.3 Å². The standard InChI is InChI=1S/C12H19NO3/c1-9(2)13-11(14)7-8-16-12(15)10-5-3-4-6-10/h5,9H,3-4,6-8H2,1-2H3,(H,13,14). The molecule has 0 aliphatic heterocycles. The predicted octanol–water partition coefficient (Wildman–Crippen LogP) is 1.55. The number of ether oxygens (including phenoxy) is 1. The maximum absolute atomic E-state index is 11.4. The maximum atomic E-state index is 11.4. The molecule has 0 atom stereocenters. The molecular weight excluding hydrogens is 206 g/mol. The molecule has 1 rings (SSSR count). The van der Waals surface area contributed by atoms with Crippen molar-refractivity contribution in [1.82, 2.24) is 5.32 Å². The molecule has 1 amide bonds. The minimum absolute atomic E-state index is 0.0804. The van der Waals surface area contributed by atoms with Crippen LogP contribution in [0, 0.1) is 0 Å². The van der Waals surface area contributed by atoms with Gasteiger partial charge in [0.15, 0.2) is 0 Å². The fourth-order valence-corrected chi connectivity index (χ4v) is 1.58. The van der Waals surface area contributed by atoms with Crippen LogP contribution in [0.1, 0.15) is 39.5 Å². The number of carbonyl (C=O) groups excluding carboxylic acids is 2. The second kappa shape index (κ2) is 6.30. The number of allylic oxidation sites excluding steroid dienone is 1. The van der Waals surface area contributed by atoms with E-state index in [1.807, 2.05) is 19.9 Å². The molecule has 0 aromatic heterocycles. The van der Waals surface area contributed by atoms with Crippen molar-refractivity contribution in [3.8, 4) is 0 Å². The van der Waals surface area contributed by atoms with Crippen molar-refractivity contribution in [3.05, 3.63) is 11.6 Å². The van der Waals surface area contributed by atoms with Gasteiger partial charge in [0, 0.05) is 11.6 Å². The number of esters is 1. The second-order valence-corrected chi connectivity index (χ2v) is 4.23. The van der Waals surface area contributed by atoms with Gasteiger partial charge in [0.25, 0.3) is 0 Å². The van der Waals surface area contributed by atoms with Crippen LogP contribution in [0.2, 0.25) is 0 Å². The summed E-state index contributed by atoms with van der Waals surface area (Å²) in [6.07, 6.45) is 4.93. The smallest absolute Gasteiger partial charge is 0.333 e. The number of hydrogen-bond acceptors (Lipinski definition) is 3. The van der Waals surface area contributed by atoms with Gasteiger partial charge in [-0.05, 0) is 33.1 Å². The van der Waals surface area contributed by atoms with Crippen LogP contribution in [0.15, 0.2) is 11.6 Å². The number of hydrogen-bond donors (Lipinski definition) is 1. The molecule has 0 heterocycles. The molecule has 4 nitrogen and oxygen atoms in total. The van der Waals surface area contributed by atoms with Gasteiger partial charge in [-0.25, -0.2) is 4.79 Å². The van der Waals surface area contributed by atoms with Gasteiger partial charge >= 0.3 is 5.97 Å². The van der Waals surface area contributed by atoms with Gasteiger partial charge in [-0.3, -0.25) is 4.79 Å². The van der Waals surface area contributed by atoms with E-state index >= 15 is 0 Å². The first-order valence-corrected chi connectivity index (χ1v) is 5.75. The molecule has 90 valence electrons. The number of nitrogens with one attached hydrogen (secondary N) is 1. The van der Waals surface area contributed by atoms with Gasteiger partial charge in [0.05, 0.1) is 6.42 Å². The van der Waals surface area contributed by atoms with Crippen molar-refractivity contribution < 1.29 is 14.3 Å². The van der Waals surface area contributed by atoms with E-state index in [1.165, 1.54) is 0 Å². The summed E-state index contributed by atoms with van der Waals surface area (Å²) in [6.45, 7) is 3.95. The lowest BCUT2D eigenvalue weighted by molar-refractivity contribution is -0.140. The summed E-state index contributed by atoms with van der Waals surface area (Å²) in [4.78, 5) is 22.7. The van der Waals surface area contributed by atoms with Crippen molar-refractivity contribution in [3.63, 3.8) is 0 Å². The van der Waals surface area contributed by atoms with E-state index in [9.17, 15) is 9.59 Å². The Kier molecular flexibility index (Phi) is 5.02. The second-order valence-electron chi connectivity index (χ2n) is 4.23. The summed E-state index contributed by atoms with van der Waals surface area (Å²) in [5.41, 5.74) is 0.754. The molecule has 0 spiro atoms. The normalized spacial score (nSPS) is 14.8. The van der Waals surface area contributed by atoms with Gasteiger partial charge in [0.1, 0.15) is 6.61 Å². The Labute approximate surface area is 96.0 Å². The van der Waals surface area contributed by atoms with Crippen molar-refractivity contribution in [2.45, 2.75) is 45.6 Å². The molecule has 0 saturated heterocycles. The molecule has 0 aromatic rings. The lowest BCUT2D eigenvalue weighted by Crippen LogP contribution is -2.31. The largest absolute Gasteiger partial charge is 0.462 e. The molecule has 0 bridgehead atoms. The maximum Gasteiger partial charge on any atom is 0.333 e. The third-order valence-corrected chi connectivity index (χ3v) is 2.32. The van der Waals surface area contributed by atoms with Gasteiger partial charge in [-0.1, -0.05) is 6.08 Å². The van der Waals surface area contributed by atoms with E-state index in [2.05, 4.69) is 5.32 Å². The molecule has 0 aromatic carbocycles. The zero-order valence-electron chi connectivity index (χ0n) is 9.91. The molecule has 0 fully saturated rings. The minimum Gasteiger partial charge on any atom is -0.462 e. The summed E-state index contributed by atoms with van der Waals surface area (Å²) in [5.74, 6) is -0.349. The van der Waals surface area contributed by atoms with E-state index in [0.29, 0.717) is 0 Å². The van der Waals surface area contributed by atoms with E-state index in [4.69, 9.17) is 4.74 Å². The first kappa shape index (κ1) is 12.7. The van der Waals surface area contributed by atoms with Gasteiger partial charge in [0.2, 0.25) is 5.91 Å². The lowest BCUT2D eigenvalue weighted by Gasteiger charge is -2.08. The molecule has 4 heteroatoms. The molecule has 0 unspecified atom stereocenters. The fourth-order valence-electron chi connectivity index (χ4n) is 1.58. The van der Waals surface area contributed by atoms with Crippen LogP contribution in [0.25, 0.3) is 0 Å². The van der Waals surface area contributed by atoms with Crippen molar-refractivity contribution in [1.29, 1.82) is 0 Å². The molecular formula is C12H19NO3. The van der Waals surface area contributed by atoms with Gasteiger partial charge < -0.3 is 10.1 Å². The molecule has 16 heavy (non-hydrogen) atoms. The molecule has 1 aliphatic carbocycles. The Hall–Kier alpha value is -1.32. The van der Waals surface area contributed by atoms with E-state index in [-0.39, 0.29) is 30.9 Å².